The van der Waals surface area contributed by atoms with E-state index in [1.807, 2.05) is 11.4 Å². The molecular formula is C18H20N4O2S2. The number of aryl methyl sites for hydroxylation is 2. The minimum Gasteiger partial charge on any atom is -0.364 e. The van der Waals surface area contributed by atoms with Gasteiger partial charge in [-0.1, -0.05) is 20.3 Å². The number of aromatic amines is 1. The molecule has 0 unspecified atom stereocenters. The topological polar surface area (TPSA) is 101 Å². The third kappa shape index (κ3) is 3.86. The predicted octanol–water partition coefficient (Wildman–Crippen LogP) is 4.07. The van der Waals surface area contributed by atoms with Gasteiger partial charge in [-0.25, -0.2) is 4.98 Å². The zero-order chi connectivity index (χ0) is 18.7. The molecule has 0 aliphatic carbocycles. The Labute approximate surface area is 159 Å². The van der Waals surface area contributed by atoms with Crippen LogP contribution in [0.15, 0.2) is 23.7 Å². The molecule has 6 nitrogen and oxygen atoms in total. The van der Waals surface area contributed by atoms with E-state index in [4.69, 9.17) is 5.73 Å². The van der Waals surface area contributed by atoms with Crippen LogP contribution in [-0.4, -0.2) is 21.8 Å². The minimum absolute atomic E-state index is 0.139. The maximum Gasteiger partial charge on any atom is 0.267 e. The van der Waals surface area contributed by atoms with Gasteiger partial charge in [-0.2, -0.15) is 0 Å². The minimum atomic E-state index is -0.521. The van der Waals surface area contributed by atoms with Crippen molar-refractivity contribution in [1.29, 1.82) is 0 Å². The Morgan fingerprint density at radius 1 is 1.31 bits per heavy atom. The summed E-state index contributed by atoms with van der Waals surface area (Å²) in [5.41, 5.74) is 8.25. The maximum absolute atomic E-state index is 12.5. The number of thiophene rings is 1. The van der Waals surface area contributed by atoms with Gasteiger partial charge in [0, 0.05) is 22.0 Å². The molecule has 3 aromatic heterocycles. The lowest BCUT2D eigenvalue weighted by Crippen LogP contribution is -2.10. The van der Waals surface area contributed by atoms with Gasteiger partial charge in [-0.05, 0) is 30.5 Å². The van der Waals surface area contributed by atoms with Gasteiger partial charge in [0.05, 0.1) is 10.6 Å². The first kappa shape index (κ1) is 18.3. The Hall–Kier alpha value is -2.45. The smallest absolute Gasteiger partial charge is 0.267 e. The quantitative estimate of drug-likeness (QED) is 0.569. The van der Waals surface area contributed by atoms with E-state index in [0.29, 0.717) is 21.4 Å². The lowest BCUT2D eigenvalue weighted by atomic mass is 10.1. The lowest BCUT2D eigenvalue weighted by molar-refractivity contribution is 0.0994. The van der Waals surface area contributed by atoms with Crippen LogP contribution in [0, 0.1) is 0 Å². The van der Waals surface area contributed by atoms with Gasteiger partial charge >= 0.3 is 0 Å². The molecule has 0 bridgehead atoms. The van der Waals surface area contributed by atoms with E-state index in [1.54, 1.807) is 23.6 Å². The monoisotopic (exact) mass is 388 g/mol. The van der Waals surface area contributed by atoms with Gasteiger partial charge in [0.1, 0.15) is 5.69 Å². The summed E-state index contributed by atoms with van der Waals surface area (Å²) in [4.78, 5) is 32.9. The number of hydrogen-bond donors (Lipinski definition) is 3. The molecule has 0 fully saturated rings. The Bertz CT molecular complexity index is 939. The molecule has 0 spiro atoms. The molecule has 2 amide bonds. The number of aromatic nitrogens is 2. The Morgan fingerprint density at radius 3 is 2.77 bits per heavy atom. The van der Waals surface area contributed by atoms with Gasteiger partial charge in [0.15, 0.2) is 5.13 Å². The summed E-state index contributed by atoms with van der Waals surface area (Å²) in [6.07, 6.45) is 4.66. The summed E-state index contributed by atoms with van der Waals surface area (Å²) in [7, 11) is 0. The fraction of sp³-hybridized carbons (Fsp3) is 0.278. The highest BCUT2D eigenvalue weighted by Crippen LogP contribution is 2.28. The van der Waals surface area contributed by atoms with Crippen LogP contribution in [0.1, 0.15) is 50.9 Å². The Morgan fingerprint density at radius 2 is 2.12 bits per heavy atom. The van der Waals surface area contributed by atoms with E-state index < -0.39 is 5.91 Å². The van der Waals surface area contributed by atoms with E-state index in [2.05, 4.69) is 29.1 Å². The van der Waals surface area contributed by atoms with Crippen molar-refractivity contribution in [2.75, 3.05) is 5.32 Å². The number of carbonyl (C=O) groups excluding carboxylic acids is 2. The third-order valence-corrected chi connectivity index (χ3v) is 5.94. The predicted molar refractivity (Wildman–Crippen MR) is 106 cm³/mol. The number of anilines is 1. The molecule has 0 radical (unpaired) electrons. The van der Waals surface area contributed by atoms with Gasteiger partial charge in [0.2, 0.25) is 0 Å². The number of amides is 2. The Balaban J connectivity index is 1.74. The number of H-pyrrole nitrogens is 1. The molecule has 136 valence electrons. The van der Waals surface area contributed by atoms with Gasteiger partial charge in [-0.15, -0.1) is 22.7 Å². The van der Waals surface area contributed by atoms with Crippen molar-refractivity contribution < 1.29 is 9.59 Å². The first-order valence-corrected chi connectivity index (χ1v) is 10.1. The van der Waals surface area contributed by atoms with Crippen molar-refractivity contribution in [2.45, 2.75) is 33.1 Å². The van der Waals surface area contributed by atoms with Crippen molar-refractivity contribution in [3.8, 4) is 11.3 Å². The second-order valence-corrected chi connectivity index (χ2v) is 7.82. The normalized spacial score (nSPS) is 10.8. The molecule has 0 aliphatic rings. The maximum atomic E-state index is 12.5. The number of carbonyl (C=O) groups is 2. The van der Waals surface area contributed by atoms with Crippen LogP contribution >= 0.6 is 22.7 Å². The summed E-state index contributed by atoms with van der Waals surface area (Å²) in [5, 5.41) is 5.22. The summed E-state index contributed by atoms with van der Waals surface area (Å²) in [6.45, 7) is 4.24. The second kappa shape index (κ2) is 7.84. The molecule has 3 rings (SSSR count). The highest BCUT2D eigenvalue weighted by atomic mass is 32.1. The number of nitrogens with zero attached hydrogens (tertiary/aromatic N) is 1. The lowest BCUT2D eigenvalue weighted by Gasteiger charge is -1.98. The first-order valence-electron chi connectivity index (χ1n) is 8.38. The standard InChI is InChI=1S/C18H20N4O2S2/c1-3-5-14-10(4-2)7-15(26-14)17(24)22-18-21-13(9-25-18)11-6-12(16(19)23)20-8-11/h6-9,20H,3-5H2,1-2H3,(H2,19,23)(H,21,22,24). The van der Waals surface area contributed by atoms with E-state index in [-0.39, 0.29) is 5.91 Å². The van der Waals surface area contributed by atoms with Crippen LogP contribution in [0.3, 0.4) is 0 Å². The van der Waals surface area contributed by atoms with Crippen LogP contribution in [0.5, 0.6) is 0 Å². The molecule has 0 aromatic carbocycles. The van der Waals surface area contributed by atoms with E-state index in [0.717, 1.165) is 24.8 Å². The number of nitrogens with two attached hydrogens (primary N) is 1. The van der Waals surface area contributed by atoms with Crippen LogP contribution in [0.25, 0.3) is 11.3 Å². The fourth-order valence-corrected chi connectivity index (χ4v) is 4.59. The molecule has 0 aliphatic heterocycles. The third-order valence-electron chi connectivity index (χ3n) is 3.95. The average molecular weight is 389 g/mol. The van der Waals surface area contributed by atoms with Crippen molar-refractivity contribution >= 4 is 39.6 Å². The van der Waals surface area contributed by atoms with Gasteiger partial charge in [-0.3, -0.25) is 14.9 Å². The number of hydrogen-bond acceptors (Lipinski definition) is 5. The molecule has 3 heterocycles. The SMILES string of the molecule is CCCc1sc(C(=O)Nc2nc(-c3c[nH]c(C(N)=O)c3)cs2)cc1CC. The largest absolute Gasteiger partial charge is 0.364 e. The fourth-order valence-electron chi connectivity index (χ4n) is 2.62. The van der Waals surface area contributed by atoms with Crippen molar-refractivity contribution in [1.82, 2.24) is 9.97 Å². The highest BCUT2D eigenvalue weighted by Gasteiger charge is 2.16. The summed E-state index contributed by atoms with van der Waals surface area (Å²) >= 11 is 2.90. The molecule has 0 saturated heterocycles. The molecular weight excluding hydrogens is 368 g/mol. The molecule has 4 N–H and O–H groups in total. The first-order chi connectivity index (χ1) is 12.5. The van der Waals surface area contributed by atoms with Crippen LogP contribution in [0.4, 0.5) is 5.13 Å². The van der Waals surface area contributed by atoms with E-state index in [1.165, 1.54) is 21.8 Å². The highest BCUT2D eigenvalue weighted by molar-refractivity contribution is 7.15. The van der Waals surface area contributed by atoms with Crippen molar-refractivity contribution in [3.05, 3.63) is 44.7 Å². The summed E-state index contributed by atoms with van der Waals surface area (Å²) in [6, 6.07) is 3.62. The van der Waals surface area contributed by atoms with E-state index in [9.17, 15) is 9.59 Å². The number of primary amides is 1. The molecule has 0 saturated carbocycles. The Kier molecular flexibility index (Phi) is 5.53. The number of thiazole rings is 1. The van der Waals surface area contributed by atoms with Crippen LogP contribution in [-0.2, 0) is 12.8 Å². The molecule has 0 atom stereocenters. The second-order valence-electron chi connectivity index (χ2n) is 5.82. The van der Waals surface area contributed by atoms with Gasteiger partial charge < -0.3 is 10.7 Å². The van der Waals surface area contributed by atoms with Crippen LogP contribution in [0.2, 0.25) is 0 Å². The summed E-state index contributed by atoms with van der Waals surface area (Å²) < 4.78 is 0. The zero-order valence-corrected chi connectivity index (χ0v) is 16.2. The van der Waals surface area contributed by atoms with E-state index >= 15 is 0 Å². The average Bonchev–Trinajstić information content (AvgIpc) is 3.33. The molecule has 26 heavy (non-hydrogen) atoms. The van der Waals surface area contributed by atoms with Crippen LogP contribution < -0.4 is 11.1 Å². The summed E-state index contributed by atoms with van der Waals surface area (Å²) in [5.74, 6) is -0.660. The molecule has 8 heteroatoms. The van der Waals surface area contributed by atoms with Crippen molar-refractivity contribution in [3.63, 3.8) is 0 Å². The number of rotatable bonds is 7. The van der Waals surface area contributed by atoms with Gasteiger partial charge in [0.25, 0.3) is 11.8 Å². The zero-order valence-electron chi connectivity index (χ0n) is 14.6. The number of nitrogens with one attached hydrogen (secondary N) is 2. The van der Waals surface area contributed by atoms with Crippen molar-refractivity contribution in [2.24, 2.45) is 5.73 Å². The molecule has 3 aromatic rings.